The van der Waals surface area contributed by atoms with E-state index in [0.29, 0.717) is 6.08 Å². The van der Waals surface area contributed by atoms with Crippen LogP contribution in [0.2, 0.25) is 0 Å². The molecule has 2 N–H and O–H groups in total. The van der Waals surface area contributed by atoms with Crippen LogP contribution in [-0.2, 0) is 9.59 Å². The fraction of sp³-hybridized carbons (Fsp3) is 0.200. The van der Waals surface area contributed by atoms with E-state index in [1.54, 1.807) is 0 Å². The third-order valence-corrected chi connectivity index (χ3v) is 0.677. The summed E-state index contributed by atoms with van der Waals surface area (Å²) in [6, 6.07) is 0. The first-order valence-corrected chi connectivity index (χ1v) is 2.18. The average Bonchev–Trinajstić information content (AvgIpc) is 1.63. The molecule has 0 unspecified atom stereocenters. The van der Waals surface area contributed by atoms with Gasteiger partial charge in [-0.25, -0.2) is 9.59 Å². The van der Waals surface area contributed by atoms with E-state index >= 15 is 0 Å². The van der Waals surface area contributed by atoms with Gasteiger partial charge in [0.05, 0.1) is 0 Å². The Morgan fingerprint density at radius 3 is 1.80 bits per heavy atom. The zero-order chi connectivity index (χ0) is 7.44. The van der Waals surface area contributed by atoms with Gasteiger partial charge in [-0.15, -0.1) is 0 Å². The van der Waals surface area contributed by atoms with Crippen molar-refractivity contribution in [1.29, 1.82) is 0 Å². The van der Waals surface area contributed by atoms with E-state index in [1.165, 1.54) is 6.92 Å². The molecule has 0 rings (SSSR count). The van der Waals surface area contributed by atoms with E-state index in [-0.39, 0.29) is 24.4 Å². The van der Waals surface area contributed by atoms with E-state index in [1.807, 2.05) is 0 Å². The summed E-state index contributed by atoms with van der Waals surface area (Å²) >= 11 is 0. The molecule has 5 heteroatoms. The number of rotatable bonds is 2. The molecule has 0 aliphatic rings. The fourth-order valence-corrected chi connectivity index (χ4v) is 0.247. The quantitative estimate of drug-likeness (QED) is 0.396. The van der Waals surface area contributed by atoms with Crippen molar-refractivity contribution in [2.24, 2.45) is 0 Å². The summed E-state index contributed by atoms with van der Waals surface area (Å²) in [6.45, 7) is 1.22. The second-order valence-corrected chi connectivity index (χ2v) is 1.47. The van der Waals surface area contributed by atoms with Crippen LogP contribution >= 0.6 is 0 Å². The van der Waals surface area contributed by atoms with E-state index in [4.69, 9.17) is 10.2 Å². The minimum absolute atomic E-state index is 0. The van der Waals surface area contributed by atoms with Gasteiger partial charge in [-0.3, -0.25) is 0 Å². The van der Waals surface area contributed by atoms with E-state index in [0.717, 1.165) is 0 Å². The molecule has 0 aliphatic carbocycles. The van der Waals surface area contributed by atoms with Gasteiger partial charge in [0.15, 0.2) is 0 Å². The predicted molar refractivity (Wildman–Crippen MR) is 36.2 cm³/mol. The molecule has 0 aromatic rings. The zero-order valence-corrected chi connectivity index (χ0v) is 4.79. The first kappa shape index (κ1) is 12.0. The van der Waals surface area contributed by atoms with Gasteiger partial charge in [0.2, 0.25) is 0 Å². The maximum absolute atomic E-state index is 9.90. The molecule has 0 bridgehead atoms. The van der Waals surface area contributed by atoms with Gasteiger partial charge in [-0.1, -0.05) is 0 Å². The van der Waals surface area contributed by atoms with Gasteiger partial charge in [0.1, 0.15) is 0 Å². The van der Waals surface area contributed by atoms with Gasteiger partial charge >= 0.3 is 30.8 Å². The fourth-order valence-electron chi connectivity index (χ4n) is 0.247. The second-order valence-electron chi connectivity index (χ2n) is 1.47. The summed E-state index contributed by atoms with van der Waals surface area (Å²) in [6.07, 6.45) is 0.641. The van der Waals surface area contributed by atoms with Crippen LogP contribution < -0.4 is 0 Å². The molecule has 0 saturated heterocycles. The van der Waals surface area contributed by atoms with Crippen molar-refractivity contribution in [2.45, 2.75) is 6.92 Å². The Bertz CT molecular complexity index is 172. The molecule has 4 nitrogen and oxygen atoms in total. The molecule has 0 amide bonds. The number of carboxylic acids is 2. The molecule has 0 aliphatic heterocycles. The summed E-state index contributed by atoms with van der Waals surface area (Å²) < 4.78 is 0. The molecule has 0 spiro atoms. The maximum atomic E-state index is 9.90. The number of aliphatic carboxylic acids is 2. The third-order valence-electron chi connectivity index (χ3n) is 0.677. The van der Waals surface area contributed by atoms with Crippen LogP contribution in [0.1, 0.15) is 6.92 Å². The zero-order valence-electron chi connectivity index (χ0n) is 4.79. The topological polar surface area (TPSA) is 74.6 Å². The monoisotopic (exact) mass is 138 g/mol. The van der Waals surface area contributed by atoms with Crippen molar-refractivity contribution < 1.29 is 19.8 Å². The number of hydrogen-bond acceptors (Lipinski definition) is 2. The van der Waals surface area contributed by atoms with Crippen molar-refractivity contribution in [3.63, 3.8) is 0 Å². The molecule has 0 atom stereocenters. The van der Waals surface area contributed by atoms with Crippen molar-refractivity contribution in [3.05, 3.63) is 11.6 Å². The second kappa shape index (κ2) is 5.09. The number of carbonyl (C=O) groups is 2. The summed E-state index contributed by atoms with van der Waals surface area (Å²) in [5.41, 5.74) is -0.178. The molecule has 0 heterocycles. The Labute approximate surface area is 69.7 Å². The van der Waals surface area contributed by atoms with Gasteiger partial charge in [0.25, 0.3) is 0 Å². The Balaban J connectivity index is 0. The SMILES string of the molecule is C/C(=C\C(=O)O)C(=O)O.[LiH]. The van der Waals surface area contributed by atoms with Gasteiger partial charge in [-0.2, -0.15) is 0 Å². The number of carboxylic acid groups (broad SMARTS) is 2. The molecule has 0 aromatic heterocycles. The van der Waals surface area contributed by atoms with Crippen molar-refractivity contribution in [3.8, 4) is 0 Å². The van der Waals surface area contributed by atoms with Crippen molar-refractivity contribution >= 4 is 30.8 Å². The summed E-state index contributed by atoms with van der Waals surface area (Å²) in [4.78, 5) is 19.7. The molecule has 0 radical (unpaired) electrons. The Hall–Kier alpha value is -0.723. The Kier molecular flexibility index (Phi) is 6.11. The van der Waals surface area contributed by atoms with Gasteiger partial charge < -0.3 is 10.2 Å². The normalized spacial score (nSPS) is 9.90. The van der Waals surface area contributed by atoms with Crippen LogP contribution in [0.3, 0.4) is 0 Å². The van der Waals surface area contributed by atoms with Gasteiger partial charge in [-0.05, 0) is 6.92 Å². The van der Waals surface area contributed by atoms with Crippen LogP contribution in [0.5, 0.6) is 0 Å². The molecule has 0 aromatic carbocycles. The summed E-state index contributed by atoms with van der Waals surface area (Å²) in [7, 11) is 0. The first-order chi connectivity index (χ1) is 4.04. The van der Waals surface area contributed by atoms with Crippen molar-refractivity contribution in [2.75, 3.05) is 0 Å². The van der Waals surface area contributed by atoms with Crippen LogP contribution in [0.25, 0.3) is 0 Å². The standard InChI is InChI=1S/C5H6O4.Li.H/c1-3(5(8)9)2-4(6)7;;/h2H,1H3,(H,6,7)(H,8,9);;/b3-2+;;. The number of hydrogen-bond donors (Lipinski definition) is 2. The molecule has 52 valence electrons. The Morgan fingerprint density at radius 1 is 1.30 bits per heavy atom. The molecule has 10 heavy (non-hydrogen) atoms. The van der Waals surface area contributed by atoms with Crippen LogP contribution in [0, 0.1) is 0 Å². The Morgan fingerprint density at radius 2 is 1.70 bits per heavy atom. The molecular weight excluding hydrogens is 131 g/mol. The molecular formula is C5H7LiO4. The molecule has 0 fully saturated rings. The van der Waals surface area contributed by atoms with Crippen LogP contribution in [-0.4, -0.2) is 41.0 Å². The van der Waals surface area contributed by atoms with Crippen molar-refractivity contribution in [1.82, 2.24) is 0 Å². The predicted octanol–water partition coefficient (Wildman–Crippen LogP) is -0.547. The average molecular weight is 138 g/mol. The van der Waals surface area contributed by atoms with Crippen LogP contribution in [0.15, 0.2) is 11.6 Å². The summed E-state index contributed by atoms with van der Waals surface area (Å²) in [5, 5.41) is 16.1. The minimum atomic E-state index is -1.24. The summed E-state index contributed by atoms with van der Waals surface area (Å²) in [5.74, 6) is -2.45. The van der Waals surface area contributed by atoms with Crippen LogP contribution in [0.4, 0.5) is 0 Å². The van der Waals surface area contributed by atoms with E-state index < -0.39 is 11.9 Å². The first-order valence-electron chi connectivity index (χ1n) is 2.18. The van der Waals surface area contributed by atoms with Gasteiger partial charge in [0, 0.05) is 11.6 Å². The molecule has 0 saturated carbocycles. The third kappa shape index (κ3) is 5.41. The van der Waals surface area contributed by atoms with E-state index in [9.17, 15) is 9.59 Å². The van der Waals surface area contributed by atoms with E-state index in [2.05, 4.69) is 0 Å².